The van der Waals surface area contributed by atoms with Crippen LogP contribution in [0.3, 0.4) is 0 Å². The number of hydrogen-bond acceptors (Lipinski definition) is 4. The molecule has 0 bridgehead atoms. The number of amides is 1. The maximum atomic E-state index is 11.1. The predicted molar refractivity (Wildman–Crippen MR) is 54.7 cm³/mol. The SMILES string of the molecule is CCCCCNC1=C(C(N)=O)C(=O)OC1. The second-order valence-electron chi connectivity index (χ2n) is 3.43. The number of hydrogen-bond donors (Lipinski definition) is 2. The molecule has 0 saturated heterocycles. The maximum absolute atomic E-state index is 11.1. The lowest BCUT2D eigenvalue weighted by atomic mass is 10.2. The van der Waals surface area contributed by atoms with E-state index in [9.17, 15) is 9.59 Å². The maximum Gasteiger partial charge on any atom is 0.346 e. The highest BCUT2D eigenvalue weighted by Crippen LogP contribution is 2.12. The van der Waals surface area contributed by atoms with Crippen LogP contribution in [0.5, 0.6) is 0 Å². The van der Waals surface area contributed by atoms with Gasteiger partial charge in [-0.2, -0.15) is 0 Å². The van der Waals surface area contributed by atoms with E-state index in [1.807, 2.05) is 0 Å². The average molecular weight is 212 g/mol. The van der Waals surface area contributed by atoms with Crippen molar-refractivity contribution in [2.75, 3.05) is 13.2 Å². The number of nitrogens with two attached hydrogens (primary N) is 1. The largest absolute Gasteiger partial charge is 0.455 e. The van der Waals surface area contributed by atoms with E-state index < -0.39 is 11.9 Å². The van der Waals surface area contributed by atoms with Gasteiger partial charge in [0.1, 0.15) is 12.2 Å². The van der Waals surface area contributed by atoms with Crippen LogP contribution < -0.4 is 11.1 Å². The first kappa shape index (κ1) is 11.6. The Morgan fingerprint density at radius 1 is 1.53 bits per heavy atom. The molecule has 1 aliphatic heterocycles. The number of ether oxygens (including phenoxy) is 1. The monoisotopic (exact) mass is 212 g/mol. The summed E-state index contributed by atoms with van der Waals surface area (Å²) in [4.78, 5) is 22.0. The normalized spacial score (nSPS) is 15.4. The van der Waals surface area contributed by atoms with Crippen molar-refractivity contribution in [3.8, 4) is 0 Å². The summed E-state index contributed by atoms with van der Waals surface area (Å²) in [6, 6.07) is 0. The fraction of sp³-hybridized carbons (Fsp3) is 0.600. The first-order chi connectivity index (χ1) is 7.16. The Balaban J connectivity index is 2.51. The third-order valence-corrected chi connectivity index (χ3v) is 2.22. The van der Waals surface area contributed by atoms with E-state index in [4.69, 9.17) is 10.5 Å². The fourth-order valence-corrected chi connectivity index (χ4v) is 1.41. The molecule has 0 spiro atoms. The molecule has 5 nitrogen and oxygen atoms in total. The lowest BCUT2D eigenvalue weighted by Crippen LogP contribution is -2.24. The van der Waals surface area contributed by atoms with E-state index in [1.54, 1.807) is 0 Å². The van der Waals surface area contributed by atoms with Crippen LogP contribution in [0.2, 0.25) is 0 Å². The highest BCUT2D eigenvalue weighted by molar-refractivity contribution is 6.17. The number of rotatable bonds is 6. The summed E-state index contributed by atoms with van der Waals surface area (Å²) in [5.74, 6) is -1.35. The molecule has 0 aliphatic carbocycles. The van der Waals surface area contributed by atoms with Crippen molar-refractivity contribution < 1.29 is 14.3 Å². The van der Waals surface area contributed by atoms with E-state index in [0.29, 0.717) is 5.70 Å². The molecule has 0 atom stereocenters. The third-order valence-electron chi connectivity index (χ3n) is 2.22. The highest BCUT2D eigenvalue weighted by Gasteiger charge is 2.28. The molecule has 15 heavy (non-hydrogen) atoms. The summed E-state index contributed by atoms with van der Waals surface area (Å²) in [6.45, 7) is 2.97. The number of unbranched alkanes of at least 4 members (excludes halogenated alkanes) is 2. The van der Waals surface area contributed by atoms with Crippen molar-refractivity contribution in [1.29, 1.82) is 0 Å². The molecule has 3 N–H and O–H groups in total. The zero-order valence-corrected chi connectivity index (χ0v) is 8.84. The van der Waals surface area contributed by atoms with E-state index in [-0.39, 0.29) is 12.2 Å². The summed E-state index contributed by atoms with van der Waals surface area (Å²) in [6.07, 6.45) is 3.24. The van der Waals surface area contributed by atoms with Crippen LogP contribution in [0.4, 0.5) is 0 Å². The molecule has 1 heterocycles. The highest BCUT2D eigenvalue weighted by atomic mass is 16.5. The Labute approximate surface area is 88.7 Å². The van der Waals surface area contributed by atoms with Gasteiger partial charge in [-0.05, 0) is 6.42 Å². The second-order valence-corrected chi connectivity index (χ2v) is 3.43. The number of cyclic esters (lactones) is 1. The molecule has 84 valence electrons. The second kappa shape index (κ2) is 5.38. The summed E-state index contributed by atoms with van der Waals surface area (Å²) in [5.41, 5.74) is 5.55. The molecule has 0 fully saturated rings. The van der Waals surface area contributed by atoms with Gasteiger partial charge in [-0.3, -0.25) is 4.79 Å². The van der Waals surface area contributed by atoms with Crippen molar-refractivity contribution in [2.45, 2.75) is 26.2 Å². The number of carbonyl (C=O) groups is 2. The molecule has 0 aromatic heterocycles. The van der Waals surface area contributed by atoms with E-state index in [2.05, 4.69) is 12.2 Å². The molecule has 0 aromatic rings. The van der Waals surface area contributed by atoms with E-state index >= 15 is 0 Å². The van der Waals surface area contributed by atoms with Gasteiger partial charge in [-0.25, -0.2) is 4.79 Å². The smallest absolute Gasteiger partial charge is 0.346 e. The quantitative estimate of drug-likeness (QED) is 0.370. The standard InChI is InChI=1S/C10H16N2O3/c1-2-3-4-5-12-7-6-15-10(14)8(7)9(11)13/h12H,2-6H2,1H3,(H2,11,13). The van der Waals surface area contributed by atoms with E-state index in [0.717, 1.165) is 25.8 Å². The number of esters is 1. The van der Waals surface area contributed by atoms with Gasteiger partial charge in [0.25, 0.3) is 5.91 Å². The van der Waals surface area contributed by atoms with Gasteiger partial charge in [0.15, 0.2) is 0 Å². The van der Waals surface area contributed by atoms with E-state index in [1.165, 1.54) is 0 Å². The third kappa shape index (κ3) is 2.97. The molecule has 0 saturated carbocycles. The predicted octanol–water partition coefficient (Wildman–Crippen LogP) is 0.0624. The molecular weight excluding hydrogens is 196 g/mol. The molecular formula is C10H16N2O3. The van der Waals surface area contributed by atoms with Crippen LogP contribution in [0, 0.1) is 0 Å². The first-order valence-electron chi connectivity index (χ1n) is 5.10. The molecule has 5 heteroatoms. The zero-order chi connectivity index (χ0) is 11.3. The Morgan fingerprint density at radius 3 is 2.87 bits per heavy atom. The minimum atomic E-state index is -0.726. The van der Waals surface area contributed by atoms with Gasteiger partial charge in [-0.1, -0.05) is 19.8 Å². The van der Waals surface area contributed by atoms with Crippen LogP contribution in [0.15, 0.2) is 11.3 Å². The van der Waals surface area contributed by atoms with Crippen LogP contribution in [0.25, 0.3) is 0 Å². The summed E-state index contributed by atoms with van der Waals surface area (Å²) in [7, 11) is 0. The van der Waals surface area contributed by atoms with Crippen molar-refractivity contribution in [2.24, 2.45) is 5.73 Å². The number of carbonyl (C=O) groups excluding carboxylic acids is 2. The van der Waals surface area contributed by atoms with Gasteiger partial charge in [0.2, 0.25) is 0 Å². The Morgan fingerprint density at radius 2 is 2.27 bits per heavy atom. The summed E-state index contributed by atoms with van der Waals surface area (Å²) < 4.78 is 4.72. The molecule has 1 rings (SSSR count). The average Bonchev–Trinajstić information content (AvgIpc) is 2.54. The van der Waals surface area contributed by atoms with Crippen LogP contribution in [-0.2, 0) is 14.3 Å². The number of primary amides is 1. The lowest BCUT2D eigenvalue weighted by molar-refractivity contribution is -0.137. The van der Waals surface area contributed by atoms with Gasteiger partial charge in [-0.15, -0.1) is 0 Å². The van der Waals surface area contributed by atoms with Gasteiger partial charge in [0, 0.05) is 6.54 Å². The van der Waals surface area contributed by atoms with Crippen LogP contribution >= 0.6 is 0 Å². The van der Waals surface area contributed by atoms with Gasteiger partial charge in [0.05, 0.1) is 5.70 Å². The molecule has 1 aliphatic rings. The van der Waals surface area contributed by atoms with Crippen molar-refractivity contribution in [1.82, 2.24) is 5.32 Å². The van der Waals surface area contributed by atoms with Crippen LogP contribution in [-0.4, -0.2) is 25.0 Å². The van der Waals surface area contributed by atoms with Crippen LogP contribution in [0.1, 0.15) is 26.2 Å². The molecule has 0 unspecified atom stereocenters. The summed E-state index contributed by atoms with van der Waals surface area (Å²) in [5, 5.41) is 3.01. The molecule has 0 radical (unpaired) electrons. The fourth-order valence-electron chi connectivity index (χ4n) is 1.41. The Hall–Kier alpha value is -1.52. The van der Waals surface area contributed by atoms with Crippen molar-refractivity contribution in [3.05, 3.63) is 11.3 Å². The van der Waals surface area contributed by atoms with Gasteiger partial charge < -0.3 is 15.8 Å². The molecule has 0 aromatic carbocycles. The summed E-state index contributed by atoms with van der Waals surface area (Å²) >= 11 is 0. The first-order valence-corrected chi connectivity index (χ1v) is 5.10. The van der Waals surface area contributed by atoms with Crippen molar-refractivity contribution in [3.63, 3.8) is 0 Å². The zero-order valence-electron chi connectivity index (χ0n) is 8.84. The van der Waals surface area contributed by atoms with Gasteiger partial charge >= 0.3 is 5.97 Å². The van der Waals surface area contributed by atoms with Crippen molar-refractivity contribution >= 4 is 11.9 Å². The Kier molecular flexibility index (Phi) is 4.15. The number of nitrogens with one attached hydrogen (secondary N) is 1. The Bertz CT molecular complexity index is 297. The lowest BCUT2D eigenvalue weighted by Gasteiger charge is -2.05. The minimum Gasteiger partial charge on any atom is -0.455 e. The minimum absolute atomic E-state index is 0.0356. The topological polar surface area (TPSA) is 81.4 Å². The molecule has 1 amide bonds.